The Morgan fingerprint density at radius 3 is 2.60 bits per heavy atom. The zero-order chi connectivity index (χ0) is 21.7. The molecular formula is C24H34N2O4. The molecule has 0 aromatic heterocycles. The van der Waals surface area contributed by atoms with E-state index in [1.165, 1.54) is 0 Å². The Hall–Kier alpha value is -2.21. The lowest BCUT2D eigenvalue weighted by Crippen LogP contribution is -2.55. The molecule has 1 heterocycles. The molecule has 3 rings (SSSR count). The highest BCUT2D eigenvalue weighted by Crippen LogP contribution is 2.41. The molecular weight excluding hydrogens is 380 g/mol. The number of benzene rings is 1. The van der Waals surface area contributed by atoms with Gasteiger partial charge in [-0.15, -0.1) is 0 Å². The smallest absolute Gasteiger partial charge is 0.326 e. The first-order valence-corrected chi connectivity index (χ1v) is 11.3. The number of Topliss-reactive ketones (excluding diaryl/α,β-unsaturated/α-hetero) is 1. The maximum absolute atomic E-state index is 13.3. The Labute approximate surface area is 179 Å². The zero-order valence-electron chi connectivity index (χ0n) is 18.0. The number of carbonyl (C=O) groups excluding carboxylic acids is 2. The van der Waals surface area contributed by atoms with Crippen LogP contribution in [-0.4, -0.2) is 51.8 Å². The van der Waals surface area contributed by atoms with Crippen molar-refractivity contribution in [2.75, 3.05) is 0 Å². The van der Waals surface area contributed by atoms with Crippen LogP contribution in [0.5, 0.6) is 0 Å². The summed E-state index contributed by atoms with van der Waals surface area (Å²) in [6.45, 7) is 3.74. The molecule has 6 nitrogen and oxygen atoms in total. The van der Waals surface area contributed by atoms with Crippen molar-refractivity contribution < 1.29 is 19.5 Å². The Bertz CT molecular complexity index is 751. The summed E-state index contributed by atoms with van der Waals surface area (Å²) in [6, 6.07) is 8.29. The summed E-state index contributed by atoms with van der Waals surface area (Å²) in [4.78, 5) is 39.4. The molecule has 5 unspecified atom stereocenters. The van der Waals surface area contributed by atoms with Gasteiger partial charge >= 0.3 is 5.97 Å². The number of nitrogens with zero attached hydrogens (tertiary/aromatic N) is 1. The van der Waals surface area contributed by atoms with Gasteiger partial charge < -0.3 is 10.0 Å². The topological polar surface area (TPSA) is 86.7 Å². The highest BCUT2D eigenvalue weighted by atomic mass is 16.4. The van der Waals surface area contributed by atoms with Gasteiger partial charge in [0.1, 0.15) is 11.8 Å². The van der Waals surface area contributed by atoms with Gasteiger partial charge in [0.15, 0.2) is 0 Å². The number of carbonyl (C=O) groups is 3. The number of amides is 1. The normalized spacial score (nSPS) is 25.0. The Morgan fingerprint density at radius 2 is 1.93 bits per heavy atom. The summed E-state index contributed by atoms with van der Waals surface area (Å²) in [5.41, 5.74) is 1.16. The molecule has 2 fully saturated rings. The van der Waals surface area contributed by atoms with Crippen LogP contribution in [0.1, 0.15) is 64.4 Å². The number of rotatable bonds is 10. The monoisotopic (exact) mass is 414 g/mol. The minimum absolute atomic E-state index is 0.0250. The van der Waals surface area contributed by atoms with E-state index in [9.17, 15) is 19.5 Å². The zero-order valence-corrected chi connectivity index (χ0v) is 18.0. The number of ketones is 1. The minimum Gasteiger partial charge on any atom is -0.480 e. The van der Waals surface area contributed by atoms with Gasteiger partial charge in [0.2, 0.25) is 5.91 Å². The van der Waals surface area contributed by atoms with Gasteiger partial charge in [0.05, 0.1) is 12.1 Å². The number of aryl methyl sites for hydroxylation is 1. The van der Waals surface area contributed by atoms with Crippen LogP contribution in [0.15, 0.2) is 30.3 Å². The number of carboxylic acids is 1. The lowest BCUT2D eigenvalue weighted by Gasteiger charge is -2.32. The van der Waals surface area contributed by atoms with E-state index < -0.39 is 24.1 Å². The summed E-state index contributed by atoms with van der Waals surface area (Å²) in [5, 5.41) is 12.9. The van der Waals surface area contributed by atoms with Crippen LogP contribution in [0.25, 0.3) is 0 Å². The van der Waals surface area contributed by atoms with E-state index in [0.29, 0.717) is 19.3 Å². The molecule has 5 atom stereocenters. The molecule has 1 saturated carbocycles. The lowest BCUT2D eigenvalue weighted by molar-refractivity contribution is -0.150. The maximum Gasteiger partial charge on any atom is 0.326 e. The molecule has 30 heavy (non-hydrogen) atoms. The molecule has 2 aliphatic rings. The fourth-order valence-corrected chi connectivity index (χ4v) is 5.14. The first-order chi connectivity index (χ1) is 14.4. The molecule has 164 valence electrons. The number of nitrogens with one attached hydrogen (secondary N) is 1. The summed E-state index contributed by atoms with van der Waals surface area (Å²) in [6.07, 6.45) is 6.07. The highest BCUT2D eigenvalue weighted by Gasteiger charge is 2.49. The van der Waals surface area contributed by atoms with E-state index in [0.717, 1.165) is 37.7 Å². The molecule has 0 bridgehead atoms. The molecule has 1 amide bonds. The number of aliphatic carboxylic acids is 1. The molecule has 1 aliphatic heterocycles. The summed E-state index contributed by atoms with van der Waals surface area (Å²) < 4.78 is 0. The van der Waals surface area contributed by atoms with Crippen molar-refractivity contribution in [1.29, 1.82) is 0 Å². The molecule has 0 spiro atoms. The van der Waals surface area contributed by atoms with Crippen molar-refractivity contribution in [3.8, 4) is 0 Å². The van der Waals surface area contributed by atoms with E-state index >= 15 is 0 Å². The van der Waals surface area contributed by atoms with Gasteiger partial charge in [-0.3, -0.25) is 14.9 Å². The molecule has 1 aromatic rings. The first-order valence-electron chi connectivity index (χ1n) is 11.3. The highest BCUT2D eigenvalue weighted by molar-refractivity contribution is 5.89. The Morgan fingerprint density at radius 1 is 1.20 bits per heavy atom. The van der Waals surface area contributed by atoms with Crippen LogP contribution in [0.4, 0.5) is 0 Å². The number of hydrogen-bond acceptors (Lipinski definition) is 4. The number of likely N-dealkylation sites (tertiary alicyclic amines) is 1. The van der Waals surface area contributed by atoms with E-state index in [1.807, 2.05) is 37.3 Å². The number of carboxylic acid groups (broad SMARTS) is 1. The number of fused-ring (bicyclic) bond motifs is 1. The predicted molar refractivity (Wildman–Crippen MR) is 115 cm³/mol. The quantitative estimate of drug-likeness (QED) is 0.614. The first kappa shape index (κ1) is 22.5. The average molecular weight is 415 g/mol. The molecule has 1 aliphatic carbocycles. The van der Waals surface area contributed by atoms with E-state index in [-0.39, 0.29) is 23.7 Å². The van der Waals surface area contributed by atoms with Gasteiger partial charge in [-0.2, -0.15) is 0 Å². The molecule has 1 saturated heterocycles. The van der Waals surface area contributed by atoms with Crippen molar-refractivity contribution in [2.24, 2.45) is 5.92 Å². The third-order valence-corrected chi connectivity index (χ3v) is 6.65. The average Bonchev–Trinajstić information content (AvgIpc) is 3.32. The van der Waals surface area contributed by atoms with Crippen LogP contribution in [0, 0.1) is 5.92 Å². The Balaban J connectivity index is 1.68. The molecule has 1 aromatic carbocycles. The largest absolute Gasteiger partial charge is 0.480 e. The van der Waals surface area contributed by atoms with Gasteiger partial charge in [0, 0.05) is 12.5 Å². The summed E-state index contributed by atoms with van der Waals surface area (Å²) in [7, 11) is 0. The lowest BCUT2D eigenvalue weighted by atomic mass is 9.99. The SMILES string of the molecule is CCCC(=O)C(CCc1ccccc1)NC(C)C(=O)N1C(C(=O)O)CC2CCCC21. The fourth-order valence-electron chi connectivity index (χ4n) is 5.14. The minimum atomic E-state index is -0.923. The van der Waals surface area contributed by atoms with Gasteiger partial charge in [-0.25, -0.2) is 4.79 Å². The third kappa shape index (κ3) is 5.09. The standard InChI is InChI=1S/C24H34N2O4/c1-3-8-22(27)19(14-13-17-9-5-4-6-10-17)25-16(2)23(28)26-20-12-7-11-18(20)15-21(26)24(29)30/h4-6,9-10,16,18-21,25H,3,7-8,11-15H2,1-2H3,(H,29,30). The van der Waals surface area contributed by atoms with Crippen molar-refractivity contribution >= 4 is 17.7 Å². The van der Waals surface area contributed by atoms with Gasteiger partial charge in [0.25, 0.3) is 0 Å². The van der Waals surface area contributed by atoms with E-state index in [2.05, 4.69) is 5.32 Å². The van der Waals surface area contributed by atoms with Crippen LogP contribution in [0.2, 0.25) is 0 Å². The van der Waals surface area contributed by atoms with E-state index in [4.69, 9.17) is 0 Å². The predicted octanol–water partition coefficient (Wildman–Crippen LogP) is 3.19. The van der Waals surface area contributed by atoms with Crippen molar-refractivity contribution in [1.82, 2.24) is 10.2 Å². The summed E-state index contributed by atoms with van der Waals surface area (Å²) in [5.74, 6) is -0.709. The van der Waals surface area contributed by atoms with Crippen LogP contribution < -0.4 is 5.32 Å². The van der Waals surface area contributed by atoms with Crippen LogP contribution >= 0.6 is 0 Å². The van der Waals surface area contributed by atoms with Crippen molar-refractivity contribution in [3.63, 3.8) is 0 Å². The van der Waals surface area contributed by atoms with Crippen molar-refractivity contribution in [2.45, 2.75) is 89.4 Å². The maximum atomic E-state index is 13.3. The fraction of sp³-hybridized carbons (Fsp3) is 0.625. The van der Waals surface area contributed by atoms with E-state index in [1.54, 1.807) is 11.8 Å². The number of hydrogen-bond donors (Lipinski definition) is 2. The second-order valence-electron chi connectivity index (χ2n) is 8.78. The third-order valence-electron chi connectivity index (χ3n) is 6.65. The second kappa shape index (κ2) is 10.2. The second-order valence-corrected chi connectivity index (χ2v) is 8.78. The van der Waals surface area contributed by atoms with Crippen LogP contribution in [0.3, 0.4) is 0 Å². The van der Waals surface area contributed by atoms with Crippen molar-refractivity contribution in [3.05, 3.63) is 35.9 Å². The molecule has 6 heteroatoms. The summed E-state index contributed by atoms with van der Waals surface area (Å²) >= 11 is 0. The Kier molecular flexibility index (Phi) is 7.64. The van der Waals surface area contributed by atoms with Gasteiger partial charge in [-0.1, -0.05) is 43.7 Å². The van der Waals surface area contributed by atoms with Gasteiger partial charge in [-0.05, 0) is 56.9 Å². The molecule has 2 N–H and O–H groups in total. The van der Waals surface area contributed by atoms with Crippen LogP contribution in [-0.2, 0) is 20.8 Å². The molecule has 0 radical (unpaired) electrons.